The fourth-order valence-electron chi connectivity index (χ4n) is 7.07. The Labute approximate surface area is 326 Å². The van der Waals surface area contributed by atoms with Crippen molar-refractivity contribution in [1.82, 2.24) is 21.3 Å². The number of carbonyl (C=O) groups excluding carboxylic acids is 5. The number of rotatable bonds is 9. The second-order valence-electron chi connectivity index (χ2n) is 14.2. The van der Waals surface area contributed by atoms with Gasteiger partial charge in [-0.25, -0.2) is 0 Å². The van der Waals surface area contributed by atoms with Crippen molar-refractivity contribution in [2.45, 2.75) is 69.9 Å². The molecule has 1 aliphatic heterocycles. The average Bonchev–Trinajstić information content (AvgIpc) is 3.60. The molecule has 2 aliphatic rings. The zero-order chi connectivity index (χ0) is 39.0. The van der Waals surface area contributed by atoms with Crippen molar-refractivity contribution >= 4 is 46.8 Å². The van der Waals surface area contributed by atoms with E-state index in [9.17, 15) is 29.1 Å². The molecule has 0 bridgehead atoms. The number of ether oxygens (including phenoxy) is 2. The number of phenolic OH excluding ortho intramolecular Hbond substituents is 1. The highest BCUT2D eigenvalue weighted by Gasteiger charge is 2.38. The van der Waals surface area contributed by atoms with E-state index < -0.39 is 29.3 Å². The highest BCUT2D eigenvalue weighted by molar-refractivity contribution is 6.31. The number of anilines is 1. The summed E-state index contributed by atoms with van der Waals surface area (Å²) in [5, 5.41) is 24.6. The van der Waals surface area contributed by atoms with Crippen LogP contribution in [0.15, 0.2) is 72.8 Å². The maximum atomic E-state index is 13.6. The summed E-state index contributed by atoms with van der Waals surface area (Å²) < 4.78 is 11.1. The molecule has 1 aliphatic carbocycles. The quantitative estimate of drug-likeness (QED) is 0.191. The molecule has 14 heteroatoms. The van der Waals surface area contributed by atoms with E-state index in [0.717, 1.165) is 31.2 Å². The van der Waals surface area contributed by atoms with Crippen LogP contribution in [0.2, 0.25) is 5.02 Å². The molecular formula is C41H50ClN5O8. The van der Waals surface area contributed by atoms with Crippen LogP contribution in [0.25, 0.3) is 0 Å². The molecule has 0 unspecified atom stereocenters. The first-order chi connectivity index (χ1) is 26.6. The summed E-state index contributed by atoms with van der Waals surface area (Å²) in [4.78, 5) is 66.4. The van der Waals surface area contributed by atoms with E-state index in [-0.39, 0.29) is 68.7 Å². The predicted molar refractivity (Wildman–Crippen MR) is 207 cm³/mol. The van der Waals surface area contributed by atoms with E-state index in [1.54, 1.807) is 60.7 Å². The minimum Gasteiger partial charge on any atom is -0.508 e. The van der Waals surface area contributed by atoms with Gasteiger partial charge in [0.2, 0.25) is 29.5 Å². The van der Waals surface area contributed by atoms with Gasteiger partial charge in [0.15, 0.2) is 0 Å². The van der Waals surface area contributed by atoms with Gasteiger partial charge in [-0.05, 0) is 65.3 Å². The minimum atomic E-state index is -0.971. The normalized spacial score (nSPS) is 19.2. The Morgan fingerprint density at radius 2 is 1.53 bits per heavy atom. The van der Waals surface area contributed by atoms with Crippen LogP contribution in [-0.2, 0) is 52.7 Å². The largest absolute Gasteiger partial charge is 0.508 e. The van der Waals surface area contributed by atoms with Gasteiger partial charge in [0.05, 0.1) is 32.8 Å². The predicted octanol–water partition coefficient (Wildman–Crippen LogP) is 3.60. The van der Waals surface area contributed by atoms with Gasteiger partial charge in [-0.3, -0.25) is 24.0 Å². The number of phenols is 1. The molecule has 294 valence electrons. The molecule has 13 nitrogen and oxygen atoms in total. The molecule has 1 heterocycles. The number of aromatic hydroxyl groups is 1. The first-order valence-electron chi connectivity index (χ1n) is 18.8. The van der Waals surface area contributed by atoms with Gasteiger partial charge in [-0.15, -0.1) is 0 Å². The van der Waals surface area contributed by atoms with E-state index in [1.165, 1.54) is 12.1 Å². The monoisotopic (exact) mass is 775 g/mol. The van der Waals surface area contributed by atoms with Crippen LogP contribution in [0, 0.1) is 5.41 Å². The SMILES string of the molecule is O=C1CC2(CCCC2)CC(=O)N[C@H](Cc2ccc(NC(=O)[C@H](Cc3ccccc3Cl)NC(=O)Cc3cccc(O)c3)cc2)C(=O)NCCOCCOCCN1. The van der Waals surface area contributed by atoms with Crippen LogP contribution >= 0.6 is 11.6 Å². The van der Waals surface area contributed by atoms with Gasteiger partial charge in [-0.1, -0.05) is 66.9 Å². The molecule has 1 saturated heterocycles. The number of hydrogen-bond acceptors (Lipinski definition) is 8. The standard InChI is InChI=1S/C41H50ClN5O8/c42-33-9-2-1-7-30(33)25-35(46-36(49)24-29-6-5-8-32(48)22-29)40(53)45-31-12-10-28(11-13-31)23-34-39(52)44-17-19-55-21-20-54-18-16-43-37(50)26-41(14-3-4-15-41)27-38(51)47-34/h1-2,5-13,22,34-35,48H,3-4,14-21,23-27H2,(H,43,50)(H,44,52)(H,45,53)(H,46,49)(H,47,51)/t34-,35+/m1/s1. The van der Waals surface area contributed by atoms with Gasteiger partial charge < -0.3 is 41.2 Å². The Balaban J connectivity index is 1.26. The van der Waals surface area contributed by atoms with Gasteiger partial charge in [0.1, 0.15) is 17.8 Å². The van der Waals surface area contributed by atoms with Crippen molar-refractivity contribution in [2.24, 2.45) is 5.41 Å². The number of halogens is 1. The topological polar surface area (TPSA) is 184 Å². The van der Waals surface area contributed by atoms with Crippen LogP contribution < -0.4 is 26.6 Å². The maximum absolute atomic E-state index is 13.6. The summed E-state index contributed by atoms with van der Waals surface area (Å²) in [6, 6.07) is 18.5. The summed E-state index contributed by atoms with van der Waals surface area (Å²) in [7, 11) is 0. The number of carbonyl (C=O) groups is 5. The lowest BCUT2D eigenvalue weighted by atomic mass is 9.79. The average molecular weight is 776 g/mol. The zero-order valence-electron chi connectivity index (χ0n) is 30.9. The molecule has 5 amide bonds. The van der Waals surface area contributed by atoms with E-state index in [1.807, 2.05) is 0 Å². The molecule has 2 atom stereocenters. The maximum Gasteiger partial charge on any atom is 0.247 e. The van der Waals surface area contributed by atoms with Crippen molar-refractivity contribution in [1.29, 1.82) is 0 Å². The number of hydrogen-bond donors (Lipinski definition) is 6. The fourth-order valence-corrected chi connectivity index (χ4v) is 7.29. The van der Waals surface area contributed by atoms with Crippen molar-refractivity contribution in [3.8, 4) is 5.75 Å². The van der Waals surface area contributed by atoms with Crippen LogP contribution in [0.5, 0.6) is 5.75 Å². The Morgan fingerprint density at radius 1 is 0.836 bits per heavy atom. The highest BCUT2D eigenvalue weighted by atomic mass is 35.5. The molecule has 0 radical (unpaired) electrons. The Bertz CT molecular complexity index is 1780. The minimum absolute atomic E-state index is 0.0362. The summed E-state index contributed by atoms with van der Waals surface area (Å²) >= 11 is 6.41. The lowest BCUT2D eigenvalue weighted by Crippen LogP contribution is -2.49. The summed E-state index contributed by atoms with van der Waals surface area (Å²) in [5.41, 5.74) is 1.99. The van der Waals surface area contributed by atoms with E-state index in [0.29, 0.717) is 48.2 Å². The number of amides is 5. The van der Waals surface area contributed by atoms with Crippen molar-refractivity contribution < 1.29 is 38.6 Å². The molecule has 2 fully saturated rings. The highest BCUT2D eigenvalue weighted by Crippen LogP contribution is 2.44. The molecular weight excluding hydrogens is 726 g/mol. The Hall–Kier alpha value is -4.98. The molecule has 3 aromatic rings. The molecule has 5 rings (SSSR count). The molecule has 0 aromatic heterocycles. The van der Waals surface area contributed by atoms with Gasteiger partial charge >= 0.3 is 0 Å². The smallest absolute Gasteiger partial charge is 0.247 e. The van der Waals surface area contributed by atoms with Crippen LogP contribution in [0.1, 0.15) is 55.2 Å². The van der Waals surface area contributed by atoms with Crippen molar-refractivity contribution in [2.75, 3.05) is 44.8 Å². The van der Waals surface area contributed by atoms with Crippen molar-refractivity contribution in [3.05, 3.63) is 94.5 Å². The lowest BCUT2D eigenvalue weighted by Gasteiger charge is -2.29. The van der Waals surface area contributed by atoms with Crippen LogP contribution in [0.3, 0.4) is 0 Å². The third-order valence-corrected chi connectivity index (χ3v) is 10.2. The fraction of sp³-hybridized carbons (Fsp3) is 0.439. The van der Waals surface area contributed by atoms with Gasteiger partial charge in [0.25, 0.3) is 0 Å². The first kappa shape index (κ1) is 41.2. The second-order valence-corrected chi connectivity index (χ2v) is 14.6. The molecule has 1 saturated carbocycles. The van der Waals surface area contributed by atoms with Gasteiger partial charge in [0, 0.05) is 49.5 Å². The molecule has 1 spiro atoms. The molecule has 3 aromatic carbocycles. The molecule has 55 heavy (non-hydrogen) atoms. The number of benzene rings is 3. The third-order valence-electron chi connectivity index (χ3n) is 9.84. The van der Waals surface area contributed by atoms with E-state index in [2.05, 4.69) is 26.6 Å². The van der Waals surface area contributed by atoms with Crippen LogP contribution in [0.4, 0.5) is 5.69 Å². The summed E-state index contributed by atoms with van der Waals surface area (Å²) in [6.07, 6.45) is 4.01. The summed E-state index contributed by atoms with van der Waals surface area (Å²) in [6.45, 7) is 1.94. The molecule has 6 N–H and O–H groups in total. The Kier molecular flexibility index (Phi) is 15.5. The second kappa shape index (κ2) is 20.6. The van der Waals surface area contributed by atoms with Crippen molar-refractivity contribution in [3.63, 3.8) is 0 Å². The van der Waals surface area contributed by atoms with E-state index >= 15 is 0 Å². The van der Waals surface area contributed by atoms with Crippen LogP contribution in [-0.4, -0.2) is 86.2 Å². The first-order valence-corrected chi connectivity index (χ1v) is 19.1. The third kappa shape index (κ3) is 13.4. The summed E-state index contributed by atoms with van der Waals surface area (Å²) in [5.74, 6) is -1.62. The lowest BCUT2D eigenvalue weighted by molar-refractivity contribution is -0.131. The van der Waals surface area contributed by atoms with Gasteiger partial charge in [-0.2, -0.15) is 0 Å². The zero-order valence-corrected chi connectivity index (χ0v) is 31.6. The Morgan fingerprint density at radius 3 is 2.24 bits per heavy atom. The number of nitrogens with one attached hydrogen (secondary N) is 5. The van der Waals surface area contributed by atoms with E-state index in [4.69, 9.17) is 21.1 Å².